The monoisotopic (exact) mass is 340 g/mol. The van der Waals surface area contributed by atoms with Gasteiger partial charge >= 0.3 is 0 Å². The maximum atomic E-state index is 12.1. The normalized spacial score (nSPS) is 13.2. The summed E-state index contributed by atoms with van der Waals surface area (Å²) >= 11 is 16.3. The summed E-state index contributed by atoms with van der Waals surface area (Å²) in [6.07, 6.45) is 0.893. The molecule has 106 valence electrons. The highest BCUT2D eigenvalue weighted by Gasteiger charge is 2.20. The summed E-state index contributed by atoms with van der Waals surface area (Å²) in [4.78, 5) is 0.326. The van der Waals surface area contributed by atoms with E-state index in [0.29, 0.717) is 17.9 Å². The van der Waals surface area contributed by atoms with Gasteiger partial charge in [-0.05, 0) is 24.6 Å². The van der Waals surface area contributed by atoms with Crippen molar-refractivity contribution in [2.75, 3.05) is 0 Å². The third kappa shape index (κ3) is 4.89. The minimum atomic E-state index is -3.66. The molecular formula is C11H14Cl2N2O2S2. The largest absolute Gasteiger partial charge is 0.393 e. The lowest BCUT2D eigenvalue weighted by Crippen LogP contribution is -2.37. The third-order valence-electron chi connectivity index (χ3n) is 2.46. The first kappa shape index (κ1) is 16.7. The Hall–Kier alpha value is -0.400. The average molecular weight is 341 g/mol. The molecule has 0 aliphatic carbocycles. The molecule has 1 aromatic carbocycles. The van der Waals surface area contributed by atoms with E-state index in [1.54, 1.807) is 0 Å². The van der Waals surface area contributed by atoms with Gasteiger partial charge in [0, 0.05) is 12.5 Å². The SMILES string of the molecule is CCC(CC(N)=S)NS(=O)(=O)c1ccc(Cl)c(Cl)c1. The van der Waals surface area contributed by atoms with E-state index >= 15 is 0 Å². The quantitative estimate of drug-likeness (QED) is 0.781. The van der Waals surface area contributed by atoms with Crippen LogP contribution in [0.5, 0.6) is 0 Å². The molecule has 4 nitrogen and oxygen atoms in total. The molecule has 0 aliphatic rings. The number of hydrogen-bond donors (Lipinski definition) is 2. The van der Waals surface area contributed by atoms with Crippen molar-refractivity contribution in [3.05, 3.63) is 28.2 Å². The Morgan fingerprint density at radius 2 is 2.05 bits per heavy atom. The minimum Gasteiger partial charge on any atom is -0.393 e. The van der Waals surface area contributed by atoms with Gasteiger partial charge in [0.25, 0.3) is 0 Å². The molecule has 0 heterocycles. The van der Waals surface area contributed by atoms with Gasteiger partial charge in [-0.15, -0.1) is 0 Å². The fraction of sp³-hybridized carbons (Fsp3) is 0.364. The van der Waals surface area contributed by atoms with Crippen LogP contribution in [0, 0.1) is 0 Å². The van der Waals surface area contributed by atoms with Gasteiger partial charge < -0.3 is 5.73 Å². The van der Waals surface area contributed by atoms with Crippen LogP contribution in [0.2, 0.25) is 10.0 Å². The zero-order valence-electron chi connectivity index (χ0n) is 10.2. The van der Waals surface area contributed by atoms with Crippen molar-refractivity contribution in [1.82, 2.24) is 4.72 Å². The van der Waals surface area contributed by atoms with Crippen LogP contribution in [-0.4, -0.2) is 19.4 Å². The standard InChI is InChI=1S/C11H14Cl2N2O2S2/c1-2-7(5-11(14)18)15-19(16,17)8-3-4-9(12)10(13)6-8/h3-4,6-7,15H,2,5H2,1H3,(H2,14,18). The number of sulfonamides is 1. The number of nitrogens with two attached hydrogens (primary N) is 1. The maximum absolute atomic E-state index is 12.1. The molecular weight excluding hydrogens is 327 g/mol. The number of benzene rings is 1. The molecule has 0 amide bonds. The van der Waals surface area contributed by atoms with E-state index in [4.69, 9.17) is 41.2 Å². The molecule has 1 aromatic rings. The summed E-state index contributed by atoms with van der Waals surface area (Å²) < 4.78 is 26.8. The number of nitrogens with one attached hydrogen (secondary N) is 1. The van der Waals surface area contributed by atoms with Crippen LogP contribution in [0.3, 0.4) is 0 Å². The van der Waals surface area contributed by atoms with Crippen LogP contribution < -0.4 is 10.5 Å². The highest BCUT2D eigenvalue weighted by atomic mass is 35.5. The number of hydrogen-bond acceptors (Lipinski definition) is 3. The summed E-state index contributed by atoms with van der Waals surface area (Å²) in [7, 11) is -3.66. The van der Waals surface area contributed by atoms with Crippen molar-refractivity contribution in [2.24, 2.45) is 5.73 Å². The van der Waals surface area contributed by atoms with Gasteiger partial charge in [0.05, 0.1) is 19.9 Å². The van der Waals surface area contributed by atoms with Gasteiger partial charge in [-0.25, -0.2) is 13.1 Å². The van der Waals surface area contributed by atoms with Gasteiger partial charge in [0.15, 0.2) is 0 Å². The molecule has 1 rings (SSSR count). The maximum Gasteiger partial charge on any atom is 0.240 e. The zero-order valence-corrected chi connectivity index (χ0v) is 13.3. The van der Waals surface area contributed by atoms with Crippen LogP contribution in [0.25, 0.3) is 0 Å². The van der Waals surface area contributed by atoms with Gasteiger partial charge in [-0.2, -0.15) is 0 Å². The van der Waals surface area contributed by atoms with E-state index in [1.807, 2.05) is 6.92 Å². The highest BCUT2D eigenvalue weighted by Crippen LogP contribution is 2.25. The zero-order chi connectivity index (χ0) is 14.6. The lowest BCUT2D eigenvalue weighted by molar-refractivity contribution is 0.546. The van der Waals surface area contributed by atoms with Gasteiger partial charge in [0.1, 0.15) is 0 Å². The average Bonchev–Trinajstić information content (AvgIpc) is 2.30. The molecule has 19 heavy (non-hydrogen) atoms. The van der Waals surface area contributed by atoms with Crippen molar-refractivity contribution in [1.29, 1.82) is 0 Å². The Labute approximate surface area is 128 Å². The first-order valence-corrected chi connectivity index (χ1v) is 8.16. The van der Waals surface area contributed by atoms with E-state index in [-0.39, 0.29) is 20.9 Å². The second-order valence-electron chi connectivity index (χ2n) is 3.97. The molecule has 0 spiro atoms. The van der Waals surface area contributed by atoms with Crippen molar-refractivity contribution in [3.8, 4) is 0 Å². The lowest BCUT2D eigenvalue weighted by Gasteiger charge is -2.16. The molecule has 8 heteroatoms. The van der Waals surface area contributed by atoms with E-state index in [1.165, 1.54) is 18.2 Å². The smallest absolute Gasteiger partial charge is 0.240 e. The van der Waals surface area contributed by atoms with Gasteiger partial charge in [-0.3, -0.25) is 0 Å². The molecule has 0 aliphatic heterocycles. The first-order valence-electron chi connectivity index (χ1n) is 5.52. The lowest BCUT2D eigenvalue weighted by atomic mass is 10.2. The van der Waals surface area contributed by atoms with E-state index < -0.39 is 10.0 Å². The fourth-order valence-electron chi connectivity index (χ4n) is 1.44. The third-order valence-corrected chi connectivity index (χ3v) is 4.89. The summed E-state index contributed by atoms with van der Waals surface area (Å²) in [5.41, 5.74) is 5.43. The molecule has 0 bridgehead atoms. The minimum absolute atomic E-state index is 0.0586. The summed E-state index contributed by atoms with van der Waals surface area (Å²) in [5.74, 6) is 0. The molecule has 0 aromatic heterocycles. The van der Waals surface area contributed by atoms with Crippen LogP contribution in [-0.2, 0) is 10.0 Å². The van der Waals surface area contributed by atoms with Crippen LogP contribution in [0.4, 0.5) is 0 Å². The Bertz CT molecular complexity index is 576. The van der Waals surface area contributed by atoms with Crippen molar-refractivity contribution in [3.63, 3.8) is 0 Å². The van der Waals surface area contributed by atoms with Crippen LogP contribution in [0.1, 0.15) is 19.8 Å². The fourth-order valence-corrected chi connectivity index (χ4v) is 3.35. The first-order chi connectivity index (χ1) is 8.76. The van der Waals surface area contributed by atoms with Crippen LogP contribution in [0.15, 0.2) is 23.1 Å². The Morgan fingerprint density at radius 1 is 1.42 bits per heavy atom. The topological polar surface area (TPSA) is 72.2 Å². The Balaban J connectivity index is 2.96. The van der Waals surface area contributed by atoms with Crippen LogP contribution >= 0.6 is 35.4 Å². The van der Waals surface area contributed by atoms with Crippen molar-refractivity contribution >= 4 is 50.4 Å². The predicted octanol–water partition coefficient (Wildman–Crippen LogP) is 2.73. The van der Waals surface area contributed by atoms with Gasteiger partial charge in [0.2, 0.25) is 10.0 Å². The molecule has 0 radical (unpaired) electrons. The molecule has 0 saturated heterocycles. The summed E-state index contributed by atoms with van der Waals surface area (Å²) in [6.45, 7) is 1.85. The van der Waals surface area contributed by atoms with E-state index in [2.05, 4.69) is 4.72 Å². The second-order valence-corrected chi connectivity index (χ2v) is 7.03. The number of thiocarbonyl (C=S) groups is 1. The Morgan fingerprint density at radius 3 is 2.53 bits per heavy atom. The summed E-state index contributed by atoms with van der Waals surface area (Å²) in [6, 6.07) is 3.80. The number of rotatable bonds is 6. The molecule has 0 saturated carbocycles. The van der Waals surface area contributed by atoms with E-state index in [9.17, 15) is 8.42 Å². The Kier molecular flexibility index (Phi) is 6.01. The number of halogens is 2. The van der Waals surface area contributed by atoms with E-state index in [0.717, 1.165) is 0 Å². The predicted molar refractivity (Wildman–Crippen MR) is 82.3 cm³/mol. The second kappa shape index (κ2) is 6.85. The van der Waals surface area contributed by atoms with Crippen molar-refractivity contribution < 1.29 is 8.42 Å². The van der Waals surface area contributed by atoms with Gasteiger partial charge in [-0.1, -0.05) is 42.3 Å². The molecule has 1 atom stereocenters. The van der Waals surface area contributed by atoms with Crippen molar-refractivity contribution in [2.45, 2.75) is 30.7 Å². The molecule has 3 N–H and O–H groups in total. The highest BCUT2D eigenvalue weighted by molar-refractivity contribution is 7.89. The molecule has 0 fully saturated rings. The molecule has 1 unspecified atom stereocenters. The summed E-state index contributed by atoms with van der Waals surface area (Å²) in [5, 5.41) is 0.489.